The summed E-state index contributed by atoms with van der Waals surface area (Å²) in [7, 11) is 0. The average molecular weight is 343 g/mol. The van der Waals surface area contributed by atoms with Gasteiger partial charge >= 0.3 is 0 Å². The van der Waals surface area contributed by atoms with E-state index >= 15 is 0 Å². The van der Waals surface area contributed by atoms with Crippen LogP contribution in [-0.4, -0.2) is 10.9 Å². The predicted molar refractivity (Wildman–Crippen MR) is 76.8 cm³/mol. The second-order valence-electron chi connectivity index (χ2n) is 4.13. The molecule has 1 amide bonds. The first-order valence-electron chi connectivity index (χ1n) is 5.65. The van der Waals surface area contributed by atoms with Crippen molar-refractivity contribution in [1.29, 1.82) is 0 Å². The van der Waals surface area contributed by atoms with Gasteiger partial charge in [-0.3, -0.25) is 4.79 Å². The van der Waals surface area contributed by atoms with Gasteiger partial charge in [0.1, 0.15) is 10.8 Å². The highest BCUT2D eigenvalue weighted by atomic mass is 79.9. The van der Waals surface area contributed by atoms with Crippen LogP contribution in [-0.2, 0) is 0 Å². The van der Waals surface area contributed by atoms with Crippen LogP contribution in [0.5, 0.6) is 0 Å². The van der Waals surface area contributed by atoms with E-state index in [-0.39, 0.29) is 17.5 Å². The largest absolute Gasteiger partial charge is 0.343 e. The summed E-state index contributed by atoms with van der Waals surface area (Å²) >= 11 is 4.77. The van der Waals surface area contributed by atoms with Crippen molar-refractivity contribution < 1.29 is 9.18 Å². The minimum absolute atomic E-state index is 0.207. The zero-order valence-corrected chi connectivity index (χ0v) is 12.8. The van der Waals surface area contributed by atoms with Gasteiger partial charge in [-0.25, -0.2) is 9.37 Å². The normalized spacial score (nSPS) is 12.2. The molecule has 6 heteroatoms. The van der Waals surface area contributed by atoms with Gasteiger partial charge in [-0.2, -0.15) is 0 Å². The molecule has 3 nitrogen and oxygen atoms in total. The van der Waals surface area contributed by atoms with E-state index in [1.54, 1.807) is 6.20 Å². The molecule has 1 aromatic carbocycles. The first-order chi connectivity index (χ1) is 8.97. The third kappa shape index (κ3) is 3.39. The fourth-order valence-electron chi connectivity index (χ4n) is 1.58. The topological polar surface area (TPSA) is 42.0 Å². The smallest absolute Gasteiger partial charge is 0.253 e. The number of hydrogen-bond donors (Lipinski definition) is 1. The van der Waals surface area contributed by atoms with Crippen LogP contribution in [0.3, 0.4) is 0 Å². The monoisotopic (exact) mass is 342 g/mol. The molecule has 1 heterocycles. The third-order valence-electron chi connectivity index (χ3n) is 2.53. The lowest BCUT2D eigenvalue weighted by Gasteiger charge is -2.12. The molecular formula is C13H12BrFN2OS. The van der Waals surface area contributed by atoms with Gasteiger partial charge in [-0.1, -0.05) is 0 Å². The first kappa shape index (κ1) is 14.1. The Morgan fingerprint density at radius 1 is 1.53 bits per heavy atom. The Kier molecular flexibility index (Phi) is 4.31. The Bertz CT molecular complexity index is 614. The standard InChI is InChI=1S/C13H12BrFN2OS/c1-7-6-16-13(19-7)8(2)17-12(18)10-5-9(15)3-4-11(10)14/h3-6,8H,1-2H3,(H,17,18). The maximum absolute atomic E-state index is 13.2. The van der Waals surface area contributed by atoms with Gasteiger partial charge in [-0.05, 0) is 48.0 Å². The second kappa shape index (κ2) is 5.79. The number of hydrogen-bond acceptors (Lipinski definition) is 3. The zero-order valence-electron chi connectivity index (χ0n) is 10.4. The number of nitrogens with one attached hydrogen (secondary N) is 1. The Hall–Kier alpha value is -1.27. The predicted octanol–water partition coefficient (Wildman–Crippen LogP) is 3.84. The van der Waals surface area contributed by atoms with Gasteiger partial charge < -0.3 is 5.32 Å². The van der Waals surface area contributed by atoms with Crippen molar-refractivity contribution in [2.24, 2.45) is 0 Å². The van der Waals surface area contributed by atoms with E-state index in [9.17, 15) is 9.18 Å². The van der Waals surface area contributed by atoms with Crippen molar-refractivity contribution in [3.8, 4) is 0 Å². The van der Waals surface area contributed by atoms with Crippen LogP contribution in [0.1, 0.15) is 33.2 Å². The van der Waals surface area contributed by atoms with Crippen molar-refractivity contribution in [2.75, 3.05) is 0 Å². The molecule has 1 atom stereocenters. The summed E-state index contributed by atoms with van der Waals surface area (Å²) in [4.78, 5) is 17.4. The number of rotatable bonds is 3. The first-order valence-corrected chi connectivity index (χ1v) is 7.26. The number of nitrogens with zero attached hydrogens (tertiary/aromatic N) is 1. The van der Waals surface area contributed by atoms with Crippen LogP contribution in [0, 0.1) is 12.7 Å². The molecule has 0 fully saturated rings. The molecule has 19 heavy (non-hydrogen) atoms. The summed E-state index contributed by atoms with van der Waals surface area (Å²) in [5.41, 5.74) is 0.278. The van der Waals surface area contributed by atoms with Gasteiger partial charge in [0.15, 0.2) is 0 Å². The minimum atomic E-state index is -0.439. The summed E-state index contributed by atoms with van der Waals surface area (Å²) in [5.74, 6) is -0.766. The highest BCUT2D eigenvalue weighted by molar-refractivity contribution is 9.10. The number of benzene rings is 1. The highest BCUT2D eigenvalue weighted by Gasteiger charge is 2.16. The van der Waals surface area contributed by atoms with Gasteiger partial charge in [-0.15, -0.1) is 11.3 Å². The van der Waals surface area contributed by atoms with Crippen LogP contribution in [0.25, 0.3) is 0 Å². The summed E-state index contributed by atoms with van der Waals surface area (Å²) < 4.78 is 13.7. The van der Waals surface area contributed by atoms with E-state index in [1.165, 1.54) is 29.5 Å². The van der Waals surface area contributed by atoms with Crippen molar-refractivity contribution in [3.05, 3.63) is 50.1 Å². The molecule has 2 aromatic rings. The van der Waals surface area contributed by atoms with Crippen LogP contribution >= 0.6 is 27.3 Å². The number of halogens is 2. The molecule has 100 valence electrons. The molecular weight excluding hydrogens is 331 g/mol. The fourth-order valence-corrected chi connectivity index (χ4v) is 2.78. The van der Waals surface area contributed by atoms with Crippen LogP contribution in [0.4, 0.5) is 4.39 Å². The number of aromatic nitrogens is 1. The summed E-state index contributed by atoms with van der Waals surface area (Å²) in [5, 5.41) is 3.64. The van der Waals surface area contributed by atoms with Crippen LogP contribution in [0.2, 0.25) is 0 Å². The van der Waals surface area contributed by atoms with Crippen molar-refractivity contribution >= 4 is 33.2 Å². The fraction of sp³-hybridized carbons (Fsp3) is 0.231. The van der Waals surface area contributed by atoms with Gasteiger partial charge in [0.05, 0.1) is 11.6 Å². The van der Waals surface area contributed by atoms with E-state index in [0.29, 0.717) is 4.47 Å². The number of thiazole rings is 1. The number of aryl methyl sites for hydroxylation is 1. The zero-order chi connectivity index (χ0) is 14.0. The highest BCUT2D eigenvalue weighted by Crippen LogP contribution is 2.21. The van der Waals surface area contributed by atoms with E-state index in [2.05, 4.69) is 26.2 Å². The Balaban J connectivity index is 2.15. The van der Waals surface area contributed by atoms with Crippen LogP contribution < -0.4 is 5.32 Å². The van der Waals surface area contributed by atoms with Crippen molar-refractivity contribution in [2.45, 2.75) is 19.9 Å². The molecule has 2 rings (SSSR count). The summed E-state index contributed by atoms with van der Waals surface area (Å²) in [6.45, 7) is 3.81. The van der Waals surface area contributed by atoms with Crippen LogP contribution in [0.15, 0.2) is 28.9 Å². The molecule has 1 aromatic heterocycles. The lowest BCUT2D eigenvalue weighted by atomic mass is 10.2. The van der Waals surface area contributed by atoms with E-state index in [0.717, 1.165) is 9.88 Å². The Morgan fingerprint density at radius 3 is 2.89 bits per heavy atom. The molecule has 0 aliphatic carbocycles. The molecule has 1 N–H and O–H groups in total. The number of amides is 1. The Labute approximate surface area is 123 Å². The molecule has 0 spiro atoms. The van der Waals surface area contributed by atoms with Gasteiger partial charge in [0, 0.05) is 15.5 Å². The van der Waals surface area contributed by atoms with Gasteiger partial charge in [0.25, 0.3) is 5.91 Å². The minimum Gasteiger partial charge on any atom is -0.343 e. The maximum atomic E-state index is 13.2. The third-order valence-corrected chi connectivity index (χ3v) is 4.32. The van der Waals surface area contributed by atoms with E-state index in [1.807, 2.05) is 13.8 Å². The molecule has 0 bridgehead atoms. The van der Waals surface area contributed by atoms with Gasteiger partial charge in [0.2, 0.25) is 0 Å². The Morgan fingerprint density at radius 2 is 2.26 bits per heavy atom. The molecule has 0 aliphatic heterocycles. The van der Waals surface area contributed by atoms with Crippen molar-refractivity contribution in [3.63, 3.8) is 0 Å². The SMILES string of the molecule is Cc1cnc(C(C)NC(=O)c2cc(F)ccc2Br)s1. The molecule has 0 saturated carbocycles. The molecule has 1 unspecified atom stereocenters. The molecule has 0 radical (unpaired) electrons. The quantitative estimate of drug-likeness (QED) is 0.920. The second-order valence-corrected chi connectivity index (χ2v) is 6.25. The lowest BCUT2D eigenvalue weighted by Crippen LogP contribution is -2.27. The number of carbonyl (C=O) groups excluding carboxylic acids is 1. The molecule has 0 saturated heterocycles. The average Bonchev–Trinajstić information content (AvgIpc) is 2.79. The maximum Gasteiger partial charge on any atom is 0.253 e. The van der Waals surface area contributed by atoms with E-state index < -0.39 is 5.82 Å². The lowest BCUT2D eigenvalue weighted by molar-refractivity contribution is 0.0938. The summed E-state index contributed by atoms with van der Waals surface area (Å²) in [6.07, 6.45) is 1.76. The van der Waals surface area contributed by atoms with E-state index in [4.69, 9.17) is 0 Å². The molecule has 0 aliphatic rings. The summed E-state index contributed by atoms with van der Waals surface area (Å²) in [6, 6.07) is 3.82. The van der Waals surface area contributed by atoms with Crippen molar-refractivity contribution in [1.82, 2.24) is 10.3 Å². The number of carbonyl (C=O) groups is 1.